The van der Waals surface area contributed by atoms with Crippen molar-refractivity contribution in [2.24, 2.45) is 0 Å². The van der Waals surface area contributed by atoms with Gasteiger partial charge in [0.05, 0.1) is 23.0 Å². The van der Waals surface area contributed by atoms with Gasteiger partial charge in [-0.3, -0.25) is 4.98 Å². The summed E-state index contributed by atoms with van der Waals surface area (Å²) in [5.41, 5.74) is 1.16. The third kappa shape index (κ3) is 3.52. The number of alkyl halides is 3. The SMILES string of the molecule is CN1CCC(Nc2cncc3c(CC(F)(F)F)csc23)CC1. The van der Waals surface area contributed by atoms with Gasteiger partial charge in [0.25, 0.3) is 0 Å². The Morgan fingerprint density at radius 1 is 1.32 bits per heavy atom. The molecule has 2 aromatic rings. The smallest absolute Gasteiger partial charge is 0.380 e. The van der Waals surface area contributed by atoms with Crippen LogP contribution in [0.3, 0.4) is 0 Å². The Hall–Kier alpha value is -1.34. The predicted molar refractivity (Wildman–Crippen MR) is 83.5 cm³/mol. The second kappa shape index (κ2) is 6.04. The predicted octanol–water partition coefficient (Wildman–Crippen LogP) is 3.91. The summed E-state index contributed by atoms with van der Waals surface area (Å²) in [5.74, 6) is 0. The molecule has 1 N–H and O–H groups in total. The summed E-state index contributed by atoms with van der Waals surface area (Å²) in [6.45, 7) is 2.07. The molecule has 1 saturated heterocycles. The van der Waals surface area contributed by atoms with Crippen LogP contribution in [-0.2, 0) is 6.42 Å². The molecule has 0 radical (unpaired) electrons. The van der Waals surface area contributed by atoms with Gasteiger partial charge in [0.2, 0.25) is 0 Å². The number of thiophene rings is 1. The molecule has 0 saturated carbocycles. The van der Waals surface area contributed by atoms with Crippen molar-refractivity contribution in [1.29, 1.82) is 0 Å². The summed E-state index contributed by atoms with van der Waals surface area (Å²) in [6, 6.07) is 0.358. The number of hydrogen-bond acceptors (Lipinski definition) is 4. The summed E-state index contributed by atoms with van der Waals surface area (Å²) < 4.78 is 38.7. The molecule has 0 aromatic carbocycles. The van der Waals surface area contributed by atoms with Crippen LogP contribution in [0.1, 0.15) is 18.4 Å². The van der Waals surface area contributed by atoms with Crippen LogP contribution in [0.5, 0.6) is 0 Å². The summed E-state index contributed by atoms with van der Waals surface area (Å²) >= 11 is 1.36. The lowest BCUT2D eigenvalue weighted by Gasteiger charge is -2.30. The van der Waals surface area contributed by atoms with Crippen molar-refractivity contribution in [1.82, 2.24) is 9.88 Å². The first-order valence-corrected chi connectivity index (χ1v) is 8.16. The third-order valence-electron chi connectivity index (χ3n) is 4.03. The van der Waals surface area contributed by atoms with Crippen LogP contribution >= 0.6 is 11.3 Å². The first-order valence-electron chi connectivity index (χ1n) is 7.28. The molecule has 7 heteroatoms. The van der Waals surface area contributed by atoms with Gasteiger partial charge in [-0.15, -0.1) is 11.3 Å². The minimum absolute atomic E-state index is 0.312. The Labute approximate surface area is 131 Å². The topological polar surface area (TPSA) is 28.2 Å². The van der Waals surface area contributed by atoms with Crippen molar-refractivity contribution in [2.45, 2.75) is 31.5 Å². The zero-order valence-electron chi connectivity index (χ0n) is 12.3. The van der Waals surface area contributed by atoms with E-state index in [0.29, 0.717) is 17.0 Å². The van der Waals surface area contributed by atoms with E-state index >= 15 is 0 Å². The molecule has 0 atom stereocenters. The highest BCUT2D eigenvalue weighted by molar-refractivity contribution is 7.18. The Morgan fingerprint density at radius 3 is 2.73 bits per heavy atom. The maximum atomic E-state index is 12.6. The monoisotopic (exact) mass is 329 g/mol. The normalized spacial score (nSPS) is 18.0. The van der Waals surface area contributed by atoms with E-state index in [2.05, 4.69) is 22.2 Å². The number of rotatable bonds is 3. The molecule has 2 aromatic heterocycles. The molecular weight excluding hydrogens is 311 g/mol. The summed E-state index contributed by atoms with van der Waals surface area (Å²) in [5, 5.41) is 5.67. The van der Waals surface area contributed by atoms with Crippen LogP contribution in [0.4, 0.5) is 18.9 Å². The maximum absolute atomic E-state index is 12.6. The zero-order chi connectivity index (χ0) is 15.7. The summed E-state index contributed by atoms with van der Waals surface area (Å²) in [6.07, 6.45) is 0.236. The van der Waals surface area contributed by atoms with Crippen molar-refractivity contribution in [3.05, 3.63) is 23.3 Å². The molecule has 3 nitrogen and oxygen atoms in total. The van der Waals surface area contributed by atoms with Gasteiger partial charge in [-0.25, -0.2) is 0 Å². The Morgan fingerprint density at radius 2 is 2.05 bits per heavy atom. The molecular formula is C15H18F3N3S. The van der Waals surface area contributed by atoms with Crippen LogP contribution in [0.15, 0.2) is 17.8 Å². The van der Waals surface area contributed by atoms with E-state index < -0.39 is 12.6 Å². The average Bonchev–Trinajstić information content (AvgIpc) is 2.84. The molecule has 1 aliphatic rings. The molecule has 0 spiro atoms. The van der Waals surface area contributed by atoms with Crippen LogP contribution in [0, 0.1) is 0 Å². The number of aromatic nitrogens is 1. The highest BCUT2D eigenvalue weighted by Crippen LogP contribution is 2.35. The lowest BCUT2D eigenvalue weighted by molar-refractivity contribution is -0.126. The van der Waals surface area contributed by atoms with Gasteiger partial charge in [0.15, 0.2) is 0 Å². The molecule has 120 valence electrons. The number of anilines is 1. The van der Waals surface area contributed by atoms with Gasteiger partial charge >= 0.3 is 6.18 Å². The molecule has 0 bridgehead atoms. The van der Waals surface area contributed by atoms with E-state index in [1.807, 2.05) is 0 Å². The van der Waals surface area contributed by atoms with Crippen molar-refractivity contribution in [3.8, 4) is 0 Å². The lowest BCUT2D eigenvalue weighted by atomic mass is 10.1. The standard InChI is InChI=1S/C15H18F3N3S/c1-21-4-2-11(3-5-21)20-13-8-19-7-12-10(6-15(16,17)18)9-22-14(12)13/h7-9,11,20H,2-6H2,1H3. The molecule has 22 heavy (non-hydrogen) atoms. The Bertz CT molecular complexity index is 645. The highest BCUT2D eigenvalue weighted by Gasteiger charge is 2.29. The number of halogens is 3. The molecule has 1 fully saturated rings. The first-order chi connectivity index (χ1) is 10.4. The number of fused-ring (bicyclic) bond motifs is 1. The first kappa shape index (κ1) is 15.6. The van der Waals surface area contributed by atoms with Crippen molar-refractivity contribution in [3.63, 3.8) is 0 Å². The number of hydrogen-bond donors (Lipinski definition) is 1. The number of pyridine rings is 1. The maximum Gasteiger partial charge on any atom is 0.393 e. The zero-order valence-corrected chi connectivity index (χ0v) is 13.1. The molecule has 0 amide bonds. The lowest BCUT2D eigenvalue weighted by Crippen LogP contribution is -2.36. The Kier molecular flexibility index (Phi) is 4.27. The van der Waals surface area contributed by atoms with Gasteiger partial charge in [-0.1, -0.05) is 0 Å². The number of nitrogens with zero attached hydrogens (tertiary/aromatic N) is 2. The minimum Gasteiger partial charge on any atom is -0.380 e. The van der Waals surface area contributed by atoms with Gasteiger partial charge in [0.1, 0.15) is 0 Å². The van der Waals surface area contributed by atoms with E-state index in [0.717, 1.165) is 36.3 Å². The van der Waals surface area contributed by atoms with Crippen LogP contribution in [0.25, 0.3) is 10.1 Å². The summed E-state index contributed by atoms with van der Waals surface area (Å²) in [7, 11) is 2.10. The minimum atomic E-state index is -4.19. The van der Waals surface area contributed by atoms with Gasteiger partial charge in [-0.05, 0) is 43.9 Å². The van der Waals surface area contributed by atoms with Gasteiger partial charge in [0, 0.05) is 17.6 Å². The second-order valence-corrected chi connectivity index (χ2v) is 6.72. The molecule has 3 rings (SSSR count). The quantitative estimate of drug-likeness (QED) is 0.925. The Balaban J connectivity index is 1.82. The van der Waals surface area contributed by atoms with E-state index in [1.54, 1.807) is 11.6 Å². The van der Waals surface area contributed by atoms with E-state index in [4.69, 9.17) is 0 Å². The highest BCUT2D eigenvalue weighted by atomic mass is 32.1. The van der Waals surface area contributed by atoms with Crippen molar-refractivity contribution < 1.29 is 13.2 Å². The third-order valence-corrected chi connectivity index (χ3v) is 5.11. The number of piperidine rings is 1. The van der Waals surface area contributed by atoms with E-state index in [9.17, 15) is 13.2 Å². The summed E-state index contributed by atoms with van der Waals surface area (Å²) in [4.78, 5) is 6.40. The average molecular weight is 329 g/mol. The van der Waals surface area contributed by atoms with Gasteiger partial charge in [-0.2, -0.15) is 13.2 Å². The molecule has 3 heterocycles. The van der Waals surface area contributed by atoms with Crippen LogP contribution in [0.2, 0.25) is 0 Å². The van der Waals surface area contributed by atoms with E-state index in [1.165, 1.54) is 17.5 Å². The molecule has 0 unspecified atom stereocenters. The van der Waals surface area contributed by atoms with Crippen molar-refractivity contribution in [2.75, 3.05) is 25.5 Å². The fourth-order valence-electron chi connectivity index (χ4n) is 2.83. The second-order valence-electron chi connectivity index (χ2n) is 5.84. The fourth-order valence-corrected chi connectivity index (χ4v) is 3.85. The van der Waals surface area contributed by atoms with Gasteiger partial charge < -0.3 is 10.2 Å². The molecule has 1 aliphatic heterocycles. The van der Waals surface area contributed by atoms with E-state index in [-0.39, 0.29) is 0 Å². The van der Waals surface area contributed by atoms with Crippen LogP contribution in [-0.4, -0.2) is 42.2 Å². The number of nitrogens with one attached hydrogen (secondary N) is 1. The number of likely N-dealkylation sites (tertiary alicyclic amines) is 1. The van der Waals surface area contributed by atoms with Crippen molar-refractivity contribution >= 4 is 27.1 Å². The fraction of sp³-hybridized carbons (Fsp3) is 0.533. The largest absolute Gasteiger partial charge is 0.393 e. The van der Waals surface area contributed by atoms with Crippen LogP contribution < -0.4 is 5.32 Å². The molecule has 0 aliphatic carbocycles.